The zero-order chi connectivity index (χ0) is 24.6. The summed E-state index contributed by atoms with van der Waals surface area (Å²) in [6.45, 7) is 13.5. The molecular weight excluding hydrogens is 450 g/mol. The maximum atomic E-state index is 13.9. The van der Waals surface area contributed by atoms with Crippen molar-refractivity contribution in [1.29, 1.82) is 0 Å². The minimum atomic E-state index is -3.66. The Balaban J connectivity index is 2.13. The highest BCUT2D eigenvalue weighted by molar-refractivity contribution is 7.89. The van der Waals surface area contributed by atoms with Crippen LogP contribution < -0.4 is 9.47 Å². The fourth-order valence-corrected chi connectivity index (χ4v) is 7.23. The lowest BCUT2D eigenvalue weighted by molar-refractivity contribution is 0.354. The van der Waals surface area contributed by atoms with Crippen LogP contribution in [0.15, 0.2) is 35.2 Å². The van der Waals surface area contributed by atoms with E-state index in [0.717, 1.165) is 39.4 Å². The second-order valence-electron chi connectivity index (χ2n) is 10.2. The predicted octanol–water partition coefficient (Wildman–Crippen LogP) is 5.60. The first kappa shape index (κ1) is 25.5. The molecule has 0 aliphatic carbocycles. The molecule has 0 fully saturated rings. The van der Waals surface area contributed by atoms with Crippen molar-refractivity contribution in [2.24, 2.45) is 0 Å². The summed E-state index contributed by atoms with van der Waals surface area (Å²) in [6.07, 6.45) is 2.86. The van der Waals surface area contributed by atoms with Crippen molar-refractivity contribution in [3.8, 4) is 11.5 Å². The first-order chi connectivity index (χ1) is 15.4. The van der Waals surface area contributed by atoms with E-state index in [2.05, 4.69) is 25.7 Å². The number of hydrogen-bond donors (Lipinski definition) is 0. The topological polar surface area (TPSA) is 55.8 Å². The molecule has 3 rings (SSSR count). The normalized spacial score (nSPS) is 16.4. The summed E-state index contributed by atoms with van der Waals surface area (Å²) in [5.41, 5.74) is 5.85. The van der Waals surface area contributed by atoms with Crippen LogP contribution in [0, 0.1) is 20.8 Å². The smallest absolute Gasteiger partial charge is 0.243 e. The summed E-state index contributed by atoms with van der Waals surface area (Å²) in [4.78, 5) is 0.429. The average molecular weight is 488 g/mol. The van der Waals surface area contributed by atoms with Gasteiger partial charge in [0.25, 0.3) is 0 Å². The molecule has 0 bridgehead atoms. The molecule has 180 valence electrons. The van der Waals surface area contributed by atoms with Gasteiger partial charge in [0.2, 0.25) is 10.0 Å². The summed E-state index contributed by atoms with van der Waals surface area (Å²) in [5.74, 6) is 1.33. The predicted molar refractivity (Wildman–Crippen MR) is 139 cm³/mol. The number of allylic oxidation sites excluding steroid dienone is 1. The van der Waals surface area contributed by atoms with Crippen LogP contribution in [-0.4, -0.2) is 48.1 Å². The second-order valence-corrected chi connectivity index (χ2v) is 17.6. The first-order valence-corrected chi connectivity index (χ1v) is 16.5. The number of benzene rings is 2. The third-order valence-corrected chi connectivity index (χ3v) is 9.68. The average Bonchev–Trinajstić information content (AvgIpc) is 2.89. The zero-order valence-electron chi connectivity index (χ0n) is 21.2. The fourth-order valence-electron chi connectivity index (χ4n) is 4.54. The maximum Gasteiger partial charge on any atom is 0.243 e. The van der Waals surface area contributed by atoms with Gasteiger partial charge < -0.3 is 9.47 Å². The molecule has 1 aliphatic rings. The van der Waals surface area contributed by atoms with Crippen molar-refractivity contribution >= 4 is 23.7 Å². The Labute approximate surface area is 200 Å². The quantitative estimate of drug-likeness (QED) is 0.498. The number of nitrogens with zero attached hydrogens (tertiary/aromatic N) is 1. The zero-order valence-corrected chi connectivity index (χ0v) is 23.0. The lowest BCUT2D eigenvalue weighted by Crippen LogP contribution is -2.34. The lowest BCUT2D eigenvalue weighted by Gasteiger charge is -2.24. The molecule has 0 saturated heterocycles. The van der Waals surface area contributed by atoms with Crippen LogP contribution in [0.2, 0.25) is 25.7 Å². The highest BCUT2D eigenvalue weighted by atomic mass is 32.2. The second kappa shape index (κ2) is 9.64. The van der Waals surface area contributed by atoms with Gasteiger partial charge in [-0.3, -0.25) is 0 Å². The van der Waals surface area contributed by atoms with Crippen LogP contribution in [0.1, 0.15) is 27.8 Å². The Hall–Kier alpha value is -2.09. The highest BCUT2D eigenvalue weighted by Gasteiger charge is 2.32. The van der Waals surface area contributed by atoms with E-state index in [-0.39, 0.29) is 0 Å². The van der Waals surface area contributed by atoms with Crippen LogP contribution in [0.3, 0.4) is 0 Å². The molecule has 0 radical (unpaired) electrons. The van der Waals surface area contributed by atoms with Crippen molar-refractivity contribution in [2.75, 3.05) is 27.3 Å². The molecule has 1 heterocycles. The van der Waals surface area contributed by atoms with Crippen molar-refractivity contribution in [1.82, 2.24) is 4.31 Å². The highest BCUT2D eigenvalue weighted by Crippen LogP contribution is 2.38. The minimum absolute atomic E-state index is 0.349. The molecule has 2 aromatic rings. The Bertz CT molecular complexity index is 1160. The number of hydrogen-bond acceptors (Lipinski definition) is 4. The third kappa shape index (κ3) is 5.53. The minimum Gasteiger partial charge on any atom is -0.493 e. The van der Waals surface area contributed by atoms with Gasteiger partial charge in [-0.1, -0.05) is 43.4 Å². The van der Waals surface area contributed by atoms with Gasteiger partial charge in [-0.25, -0.2) is 8.42 Å². The molecule has 2 aromatic carbocycles. The molecule has 33 heavy (non-hydrogen) atoms. The molecule has 0 unspecified atom stereocenters. The molecule has 0 amide bonds. The number of fused-ring (bicyclic) bond motifs is 1. The van der Waals surface area contributed by atoms with E-state index in [1.807, 2.05) is 45.0 Å². The number of ether oxygens (including phenoxy) is 2. The van der Waals surface area contributed by atoms with E-state index in [0.29, 0.717) is 35.9 Å². The Morgan fingerprint density at radius 2 is 1.55 bits per heavy atom. The molecule has 0 saturated carbocycles. The summed E-state index contributed by atoms with van der Waals surface area (Å²) >= 11 is 0. The van der Waals surface area contributed by atoms with Gasteiger partial charge in [-0.15, -0.1) is 0 Å². The summed E-state index contributed by atoms with van der Waals surface area (Å²) < 4.78 is 40.5. The van der Waals surface area contributed by atoms with Crippen LogP contribution in [-0.2, 0) is 16.4 Å². The molecular formula is C26H37NO4SSi. The molecule has 0 aromatic heterocycles. The third-order valence-electron chi connectivity index (χ3n) is 6.10. The Morgan fingerprint density at radius 1 is 0.970 bits per heavy atom. The van der Waals surface area contributed by atoms with E-state index in [4.69, 9.17) is 9.47 Å². The summed E-state index contributed by atoms with van der Waals surface area (Å²) in [6, 6.07) is 8.87. The molecule has 1 aliphatic heterocycles. The van der Waals surface area contributed by atoms with Gasteiger partial charge in [-0.05, 0) is 73.2 Å². The van der Waals surface area contributed by atoms with E-state index in [9.17, 15) is 8.42 Å². The molecule has 0 N–H and O–H groups in total. The Morgan fingerprint density at radius 3 is 2.09 bits per heavy atom. The van der Waals surface area contributed by atoms with Crippen molar-refractivity contribution in [2.45, 2.75) is 57.8 Å². The summed E-state index contributed by atoms with van der Waals surface area (Å²) in [7, 11) is -1.77. The standard InChI is InChI=1S/C26H37NO4SSi/c1-18-13-19(2)26(20(3)14-18)32(28,29)27-11-9-21-15-24(30-4)25(31-5)16-23(21)22(17-27)10-12-33(6,7)8/h10,13-16H,9,11-12,17H2,1-8H3/b22-10+. The van der Waals surface area contributed by atoms with E-state index >= 15 is 0 Å². The number of rotatable bonds is 6. The van der Waals surface area contributed by atoms with E-state index in [1.54, 1.807) is 18.5 Å². The molecule has 7 heteroatoms. The van der Waals surface area contributed by atoms with Gasteiger partial charge in [0.05, 0.1) is 19.1 Å². The van der Waals surface area contributed by atoms with Gasteiger partial charge >= 0.3 is 0 Å². The van der Waals surface area contributed by atoms with Crippen LogP contribution >= 0.6 is 0 Å². The van der Waals surface area contributed by atoms with Crippen LogP contribution in [0.25, 0.3) is 5.57 Å². The molecule has 5 nitrogen and oxygen atoms in total. The Kier molecular flexibility index (Phi) is 7.46. The number of aryl methyl sites for hydroxylation is 3. The van der Waals surface area contributed by atoms with Crippen LogP contribution in [0.5, 0.6) is 11.5 Å². The molecule has 0 spiro atoms. The molecule has 0 atom stereocenters. The van der Waals surface area contributed by atoms with Crippen LogP contribution in [0.4, 0.5) is 0 Å². The van der Waals surface area contributed by atoms with Crippen molar-refractivity contribution < 1.29 is 17.9 Å². The lowest BCUT2D eigenvalue weighted by atomic mass is 9.98. The van der Waals surface area contributed by atoms with Gasteiger partial charge in [0.15, 0.2) is 11.5 Å². The van der Waals surface area contributed by atoms with Crippen molar-refractivity contribution in [3.63, 3.8) is 0 Å². The number of sulfonamides is 1. The van der Waals surface area contributed by atoms with Gasteiger partial charge in [0.1, 0.15) is 0 Å². The van der Waals surface area contributed by atoms with Crippen molar-refractivity contribution in [3.05, 3.63) is 58.2 Å². The first-order valence-electron chi connectivity index (χ1n) is 11.4. The van der Waals surface area contributed by atoms with Gasteiger partial charge in [-0.2, -0.15) is 4.31 Å². The SMILES string of the molecule is COc1cc2c(cc1OC)/C(=C/C[Si](C)(C)C)CN(S(=O)(=O)c1c(C)cc(C)cc1C)CC2. The fraction of sp³-hybridized carbons (Fsp3) is 0.462. The van der Waals surface area contributed by atoms with E-state index < -0.39 is 18.1 Å². The van der Waals surface area contributed by atoms with E-state index in [1.165, 1.54) is 0 Å². The maximum absolute atomic E-state index is 13.9. The monoisotopic (exact) mass is 487 g/mol. The summed E-state index contributed by atoms with van der Waals surface area (Å²) in [5, 5.41) is 0. The van der Waals surface area contributed by atoms with Gasteiger partial charge in [0, 0.05) is 21.2 Å². The largest absolute Gasteiger partial charge is 0.493 e. The number of methoxy groups -OCH3 is 2.